The predicted octanol–water partition coefficient (Wildman–Crippen LogP) is 1.41. The zero-order valence-corrected chi connectivity index (χ0v) is 10.7. The van der Waals surface area contributed by atoms with Crippen molar-refractivity contribution in [2.75, 3.05) is 5.73 Å². The number of aromatic nitrogens is 2. The summed E-state index contributed by atoms with van der Waals surface area (Å²) in [7, 11) is 1.75. The van der Waals surface area contributed by atoms with Crippen LogP contribution in [0.5, 0.6) is 0 Å². The molecular formula is C12H20N4O. The first-order valence-electron chi connectivity index (χ1n) is 6.13. The zero-order chi connectivity index (χ0) is 12.6. The van der Waals surface area contributed by atoms with E-state index in [0.29, 0.717) is 11.5 Å². The minimum atomic E-state index is -0.00278. The van der Waals surface area contributed by atoms with Crippen LogP contribution in [0.15, 0.2) is 6.07 Å². The lowest BCUT2D eigenvalue weighted by Gasteiger charge is -2.38. The first-order chi connectivity index (χ1) is 8.00. The second-order valence-electron chi connectivity index (χ2n) is 4.92. The van der Waals surface area contributed by atoms with Crippen molar-refractivity contribution in [3.05, 3.63) is 11.8 Å². The molecule has 0 saturated carbocycles. The lowest BCUT2D eigenvalue weighted by molar-refractivity contribution is 0.0504. The van der Waals surface area contributed by atoms with Crippen molar-refractivity contribution < 1.29 is 4.79 Å². The summed E-state index contributed by atoms with van der Waals surface area (Å²) >= 11 is 0. The molecule has 0 bridgehead atoms. The van der Waals surface area contributed by atoms with E-state index in [1.165, 1.54) is 11.1 Å². The highest BCUT2D eigenvalue weighted by atomic mass is 16.2. The van der Waals surface area contributed by atoms with E-state index in [-0.39, 0.29) is 18.0 Å². The highest BCUT2D eigenvalue weighted by Gasteiger charge is 2.30. The van der Waals surface area contributed by atoms with Gasteiger partial charge in [0.2, 0.25) is 0 Å². The van der Waals surface area contributed by atoms with Crippen LogP contribution in [0.3, 0.4) is 0 Å². The van der Waals surface area contributed by atoms with Gasteiger partial charge < -0.3 is 10.6 Å². The van der Waals surface area contributed by atoms with Gasteiger partial charge in [-0.15, -0.1) is 0 Å². The monoisotopic (exact) mass is 236 g/mol. The third-order valence-corrected chi connectivity index (χ3v) is 3.56. The summed E-state index contributed by atoms with van der Waals surface area (Å²) in [5.41, 5.74) is 6.16. The van der Waals surface area contributed by atoms with E-state index in [9.17, 15) is 4.79 Å². The van der Waals surface area contributed by atoms with E-state index in [2.05, 4.69) is 18.9 Å². The quantitative estimate of drug-likeness (QED) is 0.801. The molecule has 1 fully saturated rings. The molecule has 1 amide bonds. The Hall–Kier alpha value is -1.52. The van der Waals surface area contributed by atoms with Crippen LogP contribution >= 0.6 is 0 Å². The number of hydrogen-bond acceptors (Lipinski definition) is 3. The van der Waals surface area contributed by atoms with Crippen molar-refractivity contribution in [1.29, 1.82) is 0 Å². The second-order valence-corrected chi connectivity index (χ2v) is 4.92. The lowest BCUT2D eigenvalue weighted by atomic mass is 9.97. The van der Waals surface area contributed by atoms with Gasteiger partial charge in [-0.25, -0.2) is 0 Å². The second kappa shape index (κ2) is 4.39. The van der Waals surface area contributed by atoms with Gasteiger partial charge in [0.1, 0.15) is 5.82 Å². The fourth-order valence-electron chi connectivity index (χ4n) is 2.54. The van der Waals surface area contributed by atoms with Crippen LogP contribution in [0, 0.1) is 0 Å². The molecule has 1 aromatic rings. The number of hydrogen-bond donors (Lipinski definition) is 1. The van der Waals surface area contributed by atoms with Crippen molar-refractivity contribution in [3.8, 4) is 0 Å². The summed E-state index contributed by atoms with van der Waals surface area (Å²) in [5, 5.41) is 4.15. The number of anilines is 1. The van der Waals surface area contributed by atoms with Gasteiger partial charge in [-0.05, 0) is 33.1 Å². The van der Waals surface area contributed by atoms with Crippen LogP contribution in [0.25, 0.3) is 0 Å². The molecule has 0 spiro atoms. The average Bonchev–Trinajstić information content (AvgIpc) is 2.59. The van der Waals surface area contributed by atoms with E-state index in [1.807, 2.05) is 4.90 Å². The maximum absolute atomic E-state index is 12.4. The molecule has 5 heteroatoms. The lowest BCUT2D eigenvalue weighted by Crippen LogP contribution is -2.47. The number of piperidine rings is 1. The topological polar surface area (TPSA) is 64.2 Å². The summed E-state index contributed by atoms with van der Waals surface area (Å²) in [6.45, 7) is 4.19. The Morgan fingerprint density at radius 3 is 2.47 bits per heavy atom. The molecule has 1 aromatic heterocycles. The van der Waals surface area contributed by atoms with E-state index in [0.717, 1.165) is 12.8 Å². The van der Waals surface area contributed by atoms with Gasteiger partial charge in [-0.2, -0.15) is 5.10 Å². The van der Waals surface area contributed by atoms with Crippen LogP contribution in [0.2, 0.25) is 0 Å². The molecule has 0 aromatic carbocycles. The summed E-state index contributed by atoms with van der Waals surface area (Å²) in [5.74, 6) is 0.516. The zero-order valence-electron chi connectivity index (χ0n) is 10.7. The van der Waals surface area contributed by atoms with Crippen molar-refractivity contribution in [3.63, 3.8) is 0 Å². The molecule has 1 saturated heterocycles. The highest BCUT2D eigenvalue weighted by Crippen LogP contribution is 2.24. The number of aryl methyl sites for hydroxylation is 1. The Kier molecular flexibility index (Phi) is 3.09. The van der Waals surface area contributed by atoms with Gasteiger partial charge in [-0.1, -0.05) is 0 Å². The first kappa shape index (κ1) is 12.0. The SMILES string of the molecule is CC1CCCC(C)N1C(=O)c1cc(N)n(C)n1. The summed E-state index contributed by atoms with van der Waals surface area (Å²) in [6, 6.07) is 2.22. The number of carbonyl (C=O) groups excluding carboxylic acids is 1. The molecule has 17 heavy (non-hydrogen) atoms. The molecule has 2 unspecified atom stereocenters. The van der Waals surface area contributed by atoms with E-state index in [4.69, 9.17) is 5.73 Å². The van der Waals surface area contributed by atoms with E-state index in [1.54, 1.807) is 13.1 Å². The molecule has 2 N–H and O–H groups in total. The molecule has 0 aliphatic carbocycles. The van der Waals surface area contributed by atoms with Crippen molar-refractivity contribution in [2.24, 2.45) is 7.05 Å². The van der Waals surface area contributed by atoms with Crippen LogP contribution in [-0.2, 0) is 7.05 Å². The maximum atomic E-state index is 12.4. The minimum absolute atomic E-state index is 0.00278. The van der Waals surface area contributed by atoms with Gasteiger partial charge in [0, 0.05) is 25.2 Å². The number of rotatable bonds is 1. The number of nitrogens with two attached hydrogens (primary N) is 1. The number of nitrogen functional groups attached to an aromatic ring is 1. The molecule has 0 radical (unpaired) electrons. The van der Waals surface area contributed by atoms with Gasteiger partial charge in [0.15, 0.2) is 5.69 Å². The Labute approximate surface area is 102 Å². The number of nitrogens with zero attached hydrogens (tertiary/aromatic N) is 3. The predicted molar refractivity (Wildman–Crippen MR) is 66.6 cm³/mol. The molecule has 2 rings (SSSR count). The fraction of sp³-hybridized carbons (Fsp3) is 0.667. The third-order valence-electron chi connectivity index (χ3n) is 3.56. The van der Waals surface area contributed by atoms with Gasteiger partial charge in [0.25, 0.3) is 5.91 Å². The van der Waals surface area contributed by atoms with Crippen LogP contribution < -0.4 is 5.73 Å². The fourth-order valence-corrected chi connectivity index (χ4v) is 2.54. The maximum Gasteiger partial charge on any atom is 0.274 e. The first-order valence-corrected chi connectivity index (χ1v) is 6.13. The molecule has 2 atom stereocenters. The number of amides is 1. The smallest absolute Gasteiger partial charge is 0.274 e. The highest BCUT2D eigenvalue weighted by molar-refractivity contribution is 5.93. The Morgan fingerprint density at radius 2 is 2.00 bits per heavy atom. The molecule has 1 aliphatic heterocycles. The Bertz CT molecular complexity index is 397. The summed E-state index contributed by atoms with van der Waals surface area (Å²) in [4.78, 5) is 14.3. The van der Waals surface area contributed by atoms with Crippen LogP contribution in [-0.4, -0.2) is 32.7 Å². The molecular weight excluding hydrogens is 216 g/mol. The van der Waals surface area contributed by atoms with Gasteiger partial charge >= 0.3 is 0 Å². The molecule has 1 aliphatic rings. The largest absolute Gasteiger partial charge is 0.384 e. The van der Waals surface area contributed by atoms with Crippen molar-refractivity contribution in [1.82, 2.24) is 14.7 Å². The van der Waals surface area contributed by atoms with Gasteiger partial charge in [-0.3, -0.25) is 9.48 Å². The normalized spacial score (nSPS) is 25.0. The van der Waals surface area contributed by atoms with Gasteiger partial charge in [0.05, 0.1) is 0 Å². The molecule has 2 heterocycles. The van der Waals surface area contributed by atoms with E-state index >= 15 is 0 Å². The Morgan fingerprint density at radius 1 is 1.41 bits per heavy atom. The van der Waals surface area contributed by atoms with Crippen LogP contribution in [0.1, 0.15) is 43.6 Å². The number of carbonyl (C=O) groups is 1. The van der Waals surface area contributed by atoms with Crippen molar-refractivity contribution >= 4 is 11.7 Å². The summed E-state index contributed by atoms with van der Waals surface area (Å²) < 4.78 is 1.53. The average molecular weight is 236 g/mol. The van der Waals surface area contributed by atoms with Crippen LogP contribution in [0.4, 0.5) is 5.82 Å². The molecule has 94 valence electrons. The standard InChI is InChI=1S/C12H20N4O/c1-8-5-4-6-9(2)16(8)12(17)10-7-11(13)15(3)14-10/h7-9H,4-6,13H2,1-3H3. The molecule has 5 nitrogen and oxygen atoms in total. The number of likely N-dealkylation sites (tertiary alicyclic amines) is 1. The Balaban J connectivity index is 2.23. The van der Waals surface area contributed by atoms with Crippen molar-refractivity contribution in [2.45, 2.75) is 45.2 Å². The van der Waals surface area contributed by atoms with E-state index < -0.39 is 0 Å². The summed E-state index contributed by atoms with van der Waals surface area (Å²) in [6.07, 6.45) is 3.33. The minimum Gasteiger partial charge on any atom is -0.384 e. The third kappa shape index (κ3) is 2.14.